The van der Waals surface area contributed by atoms with Crippen LogP contribution in [0.5, 0.6) is 0 Å². The first-order valence-corrected chi connectivity index (χ1v) is 11.1. The summed E-state index contributed by atoms with van der Waals surface area (Å²) in [4.78, 5) is 0. The highest BCUT2D eigenvalue weighted by molar-refractivity contribution is 5.13. The van der Waals surface area contributed by atoms with Gasteiger partial charge in [0.25, 0.3) is 0 Å². The standard InChI is InChI=1S/C22H36O5/c1-19-7-4-15(23)12-14(19)13-21(3,24)27-18-16(19)5-8-20(2)17(18)6-9-22(20)25-10-11-26-22/h14-18,23-24H,4-13H2,1-3H3/t14?,15-,16?,17?,18?,19-,20-,21?/m0/s1. The number of aliphatic hydroxyl groups is 2. The van der Waals surface area contributed by atoms with Crippen molar-refractivity contribution in [1.29, 1.82) is 0 Å². The van der Waals surface area contributed by atoms with Crippen molar-refractivity contribution in [2.45, 2.75) is 95.9 Å². The van der Waals surface area contributed by atoms with Crippen LogP contribution < -0.4 is 0 Å². The van der Waals surface area contributed by atoms with Gasteiger partial charge in [-0.05, 0) is 68.6 Å². The van der Waals surface area contributed by atoms with Crippen molar-refractivity contribution >= 4 is 0 Å². The molecule has 0 bridgehead atoms. The zero-order chi connectivity index (χ0) is 19.1. The quantitative estimate of drug-likeness (QED) is 0.675. The Balaban J connectivity index is 1.53. The van der Waals surface area contributed by atoms with E-state index < -0.39 is 11.6 Å². The molecular formula is C22H36O5. The summed E-state index contributed by atoms with van der Waals surface area (Å²) >= 11 is 0. The average Bonchev–Trinajstić information content (AvgIpc) is 3.16. The van der Waals surface area contributed by atoms with E-state index in [1.165, 1.54) is 0 Å². The lowest BCUT2D eigenvalue weighted by atomic mass is 9.51. The summed E-state index contributed by atoms with van der Waals surface area (Å²) in [5.74, 6) is -0.493. The van der Waals surface area contributed by atoms with Crippen molar-refractivity contribution in [3.63, 3.8) is 0 Å². The van der Waals surface area contributed by atoms with Gasteiger partial charge in [-0.15, -0.1) is 0 Å². The predicted octanol–water partition coefficient (Wildman–Crippen LogP) is 3.22. The van der Waals surface area contributed by atoms with Crippen LogP contribution >= 0.6 is 0 Å². The summed E-state index contributed by atoms with van der Waals surface area (Å²) in [7, 11) is 0. The Kier molecular flexibility index (Phi) is 4.12. The lowest BCUT2D eigenvalue weighted by Crippen LogP contribution is -2.57. The van der Waals surface area contributed by atoms with Crippen LogP contribution in [0.15, 0.2) is 0 Å². The summed E-state index contributed by atoms with van der Waals surface area (Å²) in [5, 5.41) is 21.4. The van der Waals surface area contributed by atoms with Gasteiger partial charge in [0.15, 0.2) is 11.6 Å². The van der Waals surface area contributed by atoms with Crippen LogP contribution in [0.4, 0.5) is 0 Å². The summed E-state index contributed by atoms with van der Waals surface area (Å²) in [6.45, 7) is 7.94. The van der Waals surface area contributed by atoms with Gasteiger partial charge in [-0.2, -0.15) is 0 Å². The molecule has 0 amide bonds. The van der Waals surface area contributed by atoms with Crippen LogP contribution in [0, 0.1) is 28.6 Å². The second-order valence-corrected chi connectivity index (χ2v) is 10.8. The topological polar surface area (TPSA) is 68.2 Å². The fourth-order valence-electron chi connectivity index (χ4n) is 7.83. The van der Waals surface area contributed by atoms with Gasteiger partial charge in [0, 0.05) is 18.3 Å². The van der Waals surface area contributed by atoms with Gasteiger partial charge in [0.1, 0.15) is 0 Å². The van der Waals surface area contributed by atoms with Gasteiger partial charge in [-0.25, -0.2) is 0 Å². The number of aliphatic hydroxyl groups excluding tert-OH is 1. The molecule has 0 radical (unpaired) electrons. The van der Waals surface area contributed by atoms with E-state index in [1.807, 2.05) is 6.92 Å². The van der Waals surface area contributed by atoms with Crippen LogP contribution in [-0.2, 0) is 14.2 Å². The molecule has 3 aliphatic carbocycles. The van der Waals surface area contributed by atoms with Crippen LogP contribution in [0.1, 0.15) is 72.1 Å². The smallest absolute Gasteiger partial charge is 0.174 e. The molecule has 27 heavy (non-hydrogen) atoms. The average molecular weight is 381 g/mol. The SMILES string of the molecule is CC1(O)CC2C[C@@H](O)CC[C@]2(C)C2CC[C@@]3(C)C(CCC34OCCO4)C2O1. The minimum atomic E-state index is -1.13. The maximum atomic E-state index is 11.1. The molecule has 2 N–H and O–H groups in total. The van der Waals surface area contributed by atoms with Gasteiger partial charge < -0.3 is 24.4 Å². The molecule has 1 spiro atoms. The molecule has 2 saturated heterocycles. The Labute approximate surface area is 162 Å². The highest BCUT2D eigenvalue weighted by Crippen LogP contribution is 2.67. The van der Waals surface area contributed by atoms with Crippen molar-refractivity contribution in [1.82, 2.24) is 0 Å². The second kappa shape index (κ2) is 5.91. The van der Waals surface area contributed by atoms with E-state index in [1.54, 1.807) is 0 Å². The van der Waals surface area contributed by atoms with Crippen molar-refractivity contribution in [3.05, 3.63) is 0 Å². The van der Waals surface area contributed by atoms with Crippen molar-refractivity contribution < 1.29 is 24.4 Å². The van der Waals surface area contributed by atoms with Gasteiger partial charge in [0.2, 0.25) is 0 Å². The van der Waals surface area contributed by atoms with E-state index in [9.17, 15) is 10.2 Å². The van der Waals surface area contributed by atoms with Crippen LogP contribution in [0.2, 0.25) is 0 Å². The lowest BCUT2D eigenvalue weighted by Gasteiger charge is -2.56. The van der Waals surface area contributed by atoms with Gasteiger partial charge in [-0.1, -0.05) is 13.8 Å². The maximum absolute atomic E-state index is 11.1. The first-order valence-electron chi connectivity index (χ1n) is 11.1. The highest BCUT2D eigenvalue weighted by Gasteiger charge is 2.68. The molecule has 5 unspecified atom stereocenters. The minimum Gasteiger partial charge on any atom is -0.393 e. The molecule has 5 aliphatic rings. The van der Waals surface area contributed by atoms with Crippen molar-refractivity contribution in [2.24, 2.45) is 28.6 Å². The molecule has 3 saturated carbocycles. The Morgan fingerprint density at radius 2 is 1.59 bits per heavy atom. The first-order chi connectivity index (χ1) is 12.7. The zero-order valence-corrected chi connectivity index (χ0v) is 17.1. The third-order valence-electron chi connectivity index (χ3n) is 9.36. The number of ether oxygens (including phenoxy) is 3. The number of hydrogen-bond donors (Lipinski definition) is 2. The summed E-state index contributed by atoms with van der Waals surface area (Å²) < 4.78 is 19.0. The Hall–Kier alpha value is -0.200. The van der Waals surface area contributed by atoms with Crippen molar-refractivity contribution in [2.75, 3.05) is 13.2 Å². The fraction of sp³-hybridized carbons (Fsp3) is 1.00. The Morgan fingerprint density at radius 1 is 0.889 bits per heavy atom. The van der Waals surface area contributed by atoms with Crippen LogP contribution in [0.3, 0.4) is 0 Å². The normalized spacial score (nSPS) is 57.0. The third-order valence-corrected chi connectivity index (χ3v) is 9.36. The van der Waals surface area contributed by atoms with Crippen LogP contribution in [0.25, 0.3) is 0 Å². The molecule has 0 aromatic carbocycles. The third kappa shape index (κ3) is 2.54. The lowest BCUT2D eigenvalue weighted by molar-refractivity contribution is -0.282. The molecule has 5 nitrogen and oxygen atoms in total. The molecule has 8 atom stereocenters. The van der Waals surface area contributed by atoms with Gasteiger partial charge in [-0.3, -0.25) is 0 Å². The molecule has 2 aliphatic heterocycles. The molecule has 5 fully saturated rings. The molecule has 0 aromatic rings. The number of rotatable bonds is 0. The highest BCUT2D eigenvalue weighted by atomic mass is 16.7. The van der Waals surface area contributed by atoms with E-state index >= 15 is 0 Å². The molecular weight excluding hydrogens is 344 g/mol. The predicted molar refractivity (Wildman–Crippen MR) is 99.8 cm³/mol. The summed E-state index contributed by atoms with van der Waals surface area (Å²) in [5.41, 5.74) is 0.0734. The van der Waals surface area contributed by atoms with E-state index in [0.717, 1.165) is 44.9 Å². The van der Waals surface area contributed by atoms with Crippen molar-refractivity contribution in [3.8, 4) is 0 Å². The van der Waals surface area contributed by atoms with E-state index in [4.69, 9.17) is 14.2 Å². The summed E-state index contributed by atoms with van der Waals surface area (Å²) in [6.07, 6.45) is 7.26. The second-order valence-electron chi connectivity index (χ2n) is 10.8. The zero-order valence-electron chi connectivity index (χ0n) is 17.1. The Morgan fingerprint density at radius 3 is 2.33 bits per heavy atom. The molecule has 5 rings (SSSR count). The molecule has 5 heteroatoms. The first kappa shape index (κ1) is 18.8. The van der Waals surface area contributed by atoms with E-state index in [-0.39, 0.29) is 23.0 Å². The monoisotopic (exact) mass is 380 g/mol. The van der Waals surface area contributed by atoms with E-state index in [0.29, 0.717) is 37.4 Å². The largest absolute Gasteiger partial charge is 0.393 e. The molecule has 154 valence electrons. The molecule has 0 aromatic heterocycles. The van der Waals surface area contributed by atoms with Crippen LogP contribution in [-0.4, -0.2) is 47.2 Å². The Bertz CT molecular complexity index is 600. The van der Waals surface area contributed by atoms with E-state index in [2.05, 4.69) is 13.8 Å². The summed E-state index contributed by atoms with van der Waals surface area (Å²) in [6, 6.07) is 0. The molecule has 2 heterocycles. The fourth-order valence-corrected chi connectivity index (χ4v) is 7.83. The van der Waals surface area contributed by atoms with Gasteiger partial charge in [0.05, 0.1) is 25.4 Å². The van der Waals surface area contributed by atoms with Gasteiger partial charge >= 0.3 is 0 Å². The number of hydrogen-bond acceptors (Lipinski definition) is 5. The maximum Gasteiger partial charge on any atom is 0.174 e. The number of fused-ring (bicyclic) bond motifs is 6. The minimum absolute atomic E-state index is 0.0381.